The van der Waals surface area contributed by atoms with Gasteiger partial charge in [0.25, 0.3) is 6.02 Å². The standard InChI is InChI=1S/C17H11BrF4N2O3/c18-8-1-2-12-9(3-8)16(6-26-15(23)24-16)10-4-11(19)14(5-13(10)27-12)25-7-17(20,21)22/h1-5H,6-7H2,(H2,23,24). The molecule has 2 heterocycles. The van der Waals surface area contributed by atoms with Gasteiger partial charge in [0.05, 0.1) is 0 Å². The number of nitrogens with zero attached hydrogens (tertiary/aromatic N) is 1. The number of alkyl halides is 3. The lowest BCUT2D eigenvalue weighted by Crippen LogP contribution is -2.31. The number of nitrogens with two attached hydrogens (primary N) is 1. The Kier molecular flexibility index (Phi) is 3.99. The second-order valence-corrected chi connectivity index (χ2v) is 6.94. The molecule has 2 N–H and O–H groups in total. The van der Waals surface area contributed by atoms with Gasteiger partial charge in [-0.25, -0.2) is 9.38 Å². The van der Waals surface area contributed by atoms with E-state index in [9.17, 15) is 17.6 Å². The molecule has 2 aromatic carbocycles. The first kappa shape index (κ1) is 17.9. The summed E-state index contributed by atoms with van der Waals surface area (Å²) >= 11 is 3.36. The second kappa shape index (κ2) is 6.01. The van der Waals surface area contributed by atoms with Crippen molar-refractivity contribution in [2.45, 2.75) is 11.7 Å². The Morgan fingerprint density at radius 1 is 1.19 bits per heavy atom. The Morgan fingerprint density at radius 3 is 2.59 bits per heavy atom. The van der Waals surface area contributed by atoms with Crippen LogP contribution < -0.4 is 15.2 Å². The SMILES string of the molecule is NC1=NC2(CO1)c1cc(Br)ccc1Oc1cc(OCC(F)(F)F)c(F)cc12. The summed E-state index contributed by atoms with van der Waals surface area (Å²) in [5, 5.41) is 0. The van der Waals surface area contributed by atoms with Gasteiger partial charge in [0.15, 0.2) is 23.7 Å². The van der Waals surface area contributed by atoms with Crippen molar-refractivity contribution < 1.29 is 31.8 Å². The van der Waals surface area contributed by atoms with E-state index in [2.05, 4.69) is 25.7 Å². The first-order valence-corrected chi connectivity index (χ1v) is 8.47. The highest BCUT2D eigenvalue weighted by molar-refractivity contribution is 9.10. The fourth-order valence-electron chi connectivity index (χ4n) is 3.10. The number of ether oxygens (including phenoxy) is 3. The van der Waals surface area contributed by atoms with Crippen molar-refractivity contribution >= 4 is 22.0 Å². The zero-order chi connectivity index (χ0) is 19.4. The molecule has 0 saturated carbocycles. The summed E-state index contributed by atoms with van der Waals surface area (Å²) in [6.45, 7) is -1.62. The van der Waals surface area contributed by atoms with E-state index in [1.54, 1.807) is 18.2 Å². The Morgan fingerprint density at radius 2 is 1.93 bits per heavy atom. The number of rotatable bonds is 2. The van der Waals surface area contributed by atoms with Crippen molar-refractivity contribution in [2.24, 2.45) is 10.7 Å². The van der Waals surface area contributed by atoms with Gasteiger partial charge in [-0.3, -0.25) is 0 Å². The van der Waals surface area contributed by atoms with Gasteiger partial charge in [0, 0.05) is 21.7 Å². The molecule has 5 nitrogen and oxygen atoms in total. The molecule has 2 aliphatic heterocycles. The summed E-state index contributed by atoms with van der Waals surface area (Å²) < 4.78 is 68.0. The van der Waals surface area contributed by atoms with E-state index in [0.29, 0.717) is 11.3 Å². The molecule has 27 heavy (non-hydrogen) atoms. The third-order valence-corrected chi connectivity index (χ3v) is 4.70. The van der Waals surface area contributed by atoms with E-state index >= 15 is 0 Å². The monoisotopic (exact) mass is 446 g/mol. The van der Waals surface area contributed by atoms with Gasteiger partial charge in [-0.15, -0.1) is 0 Å². The van der Waals surface area contributed by atoms with Crippen molar-refractivity contribution in [1.82, 2.24) is 0 Å². The zero-order valence-corrected chi connectivity index (χ0v) is 15.0. The molecule has 0 saturated heterocycles. The molecule has 0 fully saturated rings. The van der Waals surface area contributed by atoms with Gasteiger partial charge >= 0.3 is 6.18 Å². The second-order valence-electron chi connectivity index (χ2n) is 6.02. The predicted molar refractivity (Wildman–Crippen MR) is 90.5 cm³/mol. The normalized spacial score (nSPS) is 20.4. The number of amidine groups is 1. The third-order valence-electron chi connectivity index (χ3n) is 4.21. The molecule has 1 spiro atoms. The van der Waals surface area contributed by atoms with Crippen LogP contribution in [0.3, 0.4) is 0 Å². The Hall–Kier alpha value is -2.49. The van der Waals surface area contributed by atoms with Gasteiger partial charge < -0.3 is 19.9 Å². The lowest BCUT2D eigenvalue weighted by Gasteiger charge is -2.33. The van der Waals surface area contributed by atoms with Crippen LogP contribution in [0.15, 0.2) is 39.8 Å². The molecule has 0 bridgehead atoms. The minimum atomic E-state index is -4.60. The van der Waals surface area contributed by atoms with Crippen molar-refractivity contribution in [1.29, 1.82) is 0 Å². The highest BCUT2D eigenvalue weighted by atomic mass is 79.9. The number of fused-ring (bicyclic) bond motifs is 4. The van der Waals surface area contributed by atoms with Crippen LogP contribution >= 0.6 is 15.9 Å². The zero-order valence-electron chi connectivity index (χ0n) is 13.4. The quantitative estimate of drug-likeness (QED) is 0.701. The van der Waals surface area contributed by atoms with Crippen molar-refractivity contribution in [3.05, 3.63) is 51.7 Å². The van der Waals surface area contributed by atoms with E-state index in [0.717, 1.165) is 16.6 Å². The molecule has 2 aromatic rings. The van der Waals surface area contributed by atoms with E-state index in [4.69, 9.17) is 15.2 Å². The van der Waals surface area contributed by atoms with E-state index in [1.165, 1.54) is 0 Å². The summed E-state index contributed by atoms with van der Waals surface area (Å²) in [4.78, 5) is 4.34. The highest BCUT2D eigenvalue weighted by Crippen LogP contribution is 2.52. The van der Waals surface area contributed by atoms with Crippen LogP contribution in [0.4, 0.5) is 17.6 Å². The summed E-state index contributed by atoms with van der Waals surface area (Å²) in [7, 11) is 0. The van der Waals surface area contributed by atoms with Crippen molar-refractivity contribution in [3.63, 3.8) is 0 Å². The maximum absolute atomic E-state index is 14.5. The summed E-state index contributed by atoms with van der Waals surface area (Å²) in [5.41, 5.74) is 5.40. The van der Waals surface area contributed by atoms with Gasteiger partial charge in [-0.05, 0) is 24.3 Å². The van der Waals surface area contributed by atoms with Crippen LogP contribution in [0.1, 0.15) is 11.1 Å². The minimum Gasteiger partial charge on any atom is -0.481 e. The average Bonchev–Trinajstić information content (AvgIpc) is 2.97. The maximum atomic E-state index is 14.5. The Balaban J connectivity index is 1.85. The molecular weight excluding hydrogens is 436 g/mol. The van der Waals surface area contributed by atoms with Crippen molar-refractivity contribution in [3.8, 4) is 17.2 Å². The molecule has 2 aliphatic rings. The van der Waals surface area contributed by atoms with E-state index in [1.807, 2.05) is 0 Å². The Bertz CT molecular complexity index is 964. The molecule has 4 rings (SSSR count). The first-order valence-electron chi connectivity index (χ1n) is 7.67. The summed E-state index contributed by atoms with van der Waals surface area (Å²) in [6.07, 6.45) is -4.60. The largest absolute Gasteiger partial charge is 0.481 e. The topological polar surface area (TPSA) is 66.1 Å². The number of benzene rings is 2. The third kappa shape index (κ3) is 3.07. The highest BCUT2D eigenvalue weighted by Gasteiger charge is 2.47. The Labute approximate surface area is 158 Å². The molecule has 0 amide bonds. The fourth-order valence-corrected chi connectivity index (χ4v) is 3.46. The lowest BCUT2D eigenvalue weighted by atomic mass is 9.81. The molecule has 1 atom stereocenters. The fraction of sp³-hybridized carbons (Fsp3) is 0.235. The molecule has 0 aliphatic carbocycles. The first-order chi connectivity index (χ1) is 12.7. The minimum absolute atomic E-state index is 0.000835. The molecule has 0 radical (unpaired) electrons. The van der Waals surface area contributed by atoms with Crippen LogP contribution in [0, 0.1) is 5.82 Å². The maximum Gasteiger partial charge on any atom is 0.422 e. The van der Waals surface area contributed by atoms with Crippen LogP contribution in [0.2, 0.25) is 0 Å². The molecular formula is C17H11BrF4N2O3. The van der Waals surface area contributed by atoms with Gasteiger partial charge in [0.1, 0.15) is 18.1 Å². The molecule has 1 unspecified atom stereocenters. The van der Waals surface area contributed by atoms with Gasteiger partial charge in [-0.1, -0.05) is 15.9 Å². The lowest BCUT2D eigenvalue weighted by molar-refractivity contribution is -0.153. The summed E-state index contributed by atoms with van der Waals surface area (Å²) in [6, 6.07) is 7.17. The van der Waals surface area contributed by atoms with Crippen LogP contribution in [0.25, 0.3) is 0 Å². The number of hydrogen-bond acceptors (Lipinski definition) is 5. The number of hydrogen-bond donors (Lipinski definition) is 1. The van der Waals surface area contributed by atoms with Crippen molar-refractivity contribution in [2.75, 3.05) is 13.2 Å². The molecule has 142 valence electrons. The van der Waals surface area contributed by atoms with Crippen LogP contribution in [-0.4, -0.2) is 25.4 Å². The van der Waals surface area contributed by atoms with Crippen LogP contribution in [-0.2, 0) is 10.3 Å². The number of halogens is 5. The van der Waals surface area contributed by atoms with Gasteiger partial charge in [0.2, 0.25) is 0 Å². The smallest absolute Gasteiger partial charge is 0.422 e. The average molecular weight is 447 g/mol. The predicted octanol–water partition coefficient (Wildman–Crippen LogP) is 4.22. The summed E-state index contributed by atoms with van der Waals surface area (Å²) in [5.74, 6) is -1.02. The molecule has 0 aromatic heterocycles. The van der Waals surface area contributed by atoms with Gasteiger partial charge in [-0.2, -0.15) is 13.2 Å². The van der Waals surface area contributed by atoms with E-state index in [-0.39, 0.29) is 23.9 Å². The number of aliphatic imine (C=N–C) groups is 1. The van der Waals surface area contributed by atoms with E-state index < -0.39 is 29.9 Å². The molecule has 10 heteroatoms. The van der Waals surface area contributed by atoms with Crippen LogP contribution in [0.5, 0.6) is 17.2 Å².